The molecule has 0 aliphatic heterocycles. The van der Waals surface area contributed by atoms with E-state index in [1.165, 1.54) is 5.56 Å². The lowest BCUT2D eigenvalue weighted by atomic mass is 9.88. The fourth-order valence-corrected chi connectivity index (χ4v) is 9.06. The average Bonchev–Trinajstić information content (AvgIpc) is 3.74. The van der Waals surface area contributed by atoms with Gasteiger partial charge in [-0.1, -0.05) is 188 Å². The highest BCUT2D eigenvalue weighted by atomic mass is 16.3. The van der Waals surface area contributed by atoms with Gasteiger partial charge in [-0.2, -0.15) is 0 Å². The van der Waals surface area contributed by atoms with Crippen molar-refractivity contribution in [3.63, 3.8) is 0 Å². The number of hydrogen-bond donors (Lipinski definition) is 0. The van der Waals surface area contributed by atoms with Crippen molar-refractivity contribution in [2.45, 2.75) is 0 Å². The molecule has 3 heterocycles. The van der Waals surface area contributed by atoms with Crippen molar-refractivity contribution in [2.24, 2.45) is 0 Å². The lowest BCUT2D eigenvalue weighted by molar-refractivity contribution is 0.669. The van der Waals surface area contributed by atoms with Crippen LogP contribution in [0.15, 0.2) is 229 Å². The van der Waals surface area contributed by atoms with E-state index in [2.05, 4.69) is 200 Å². The molecule has 12 rings (SSSR count). The fourth-order valence-electron chi connectivity index (χ4n) is 9.06. The van der Waals surface area contributed by atoms with Gasteiger partial charge in [0.2, 0.25) is 0 Å². The quantitative estimate of drug-likeness (QED) is 0.151. The van der Waals surface area contributed by atoms with Gasteiger partial charge < -0.3 is 4.42 Å². The number of pyridine rings is 1. The summed E-state index contributed by atoms with van der Waals surface area (Å²) in [7, 11) is 0. The minimum atomic E-state index is 0.677. The number of rotatable bonds is 7. The van der Waals surface area contributed by atoms with Crippen LogP contribution in [0.25, 0.3) is 122 Å². The molecule has 3 aromatic heterocycles. The predicted molar refractivity (Wildman–Crippen MR) is 260 cm³/mol. The minimum absolute atomic E-state index is 0.677. The third kappa shape index (κ3) is 6.53. The molecule has 63 heavy (non-hydrogen) atoms. The van der Waals surface area contributed by atoms with E-state index in [9.17, 15) is 0 Å². The van der Waals surface area contributed by atoms with Gasteiger partial charge >= 0.3 is 0 Å². The van der Waals surface area contributed by atoms with Gasteiger partial charge in [0.25, 0.3) is 0 Å². The lowest BCUT2D eigenvalue weighted by Crippen LogP contribution is -1.96. The zero-order chi connectivity index (χ0) is 41.7. The highest BCUT2D eigenvalue weighted by Gasteiger charge is 2.22. The molecule has 0 aliphatic carbocycles. The third-order valence-corrected chi connectivity index (χ3v) is 12.1. The Morgan fingerprint density at radius 1 is 0.286 bits per heavy atom. The Labute approximate surface area is 364 Å². The summed E-state index contributed by atoms with van der Waals surface area (Å²) in [6.07, 6.45) is 0. The second-order valence-corrected chi connectivity index (χ2v) is 15.9. The van der Waals surface area contributed by atoms with Gasteiger partial charge in [-0.3, -0.25) is 0 Å². The Morgan fingerprint density at radius 3 is 1.54 bits per heavy atom. The predicted octanol–water partition coefficient (Wildman–Crippen LogP) is 15.7. The van der Waals surface area contributed by atoms with Crippen LogP contribution in [0.4, 0.5) is 0 Å². The Morgan fingerprint density at radius 2 is 0.810 bits per heavy atom. The van der Waals surface area contributed by atoms with E-state index >= 15 is 0 Å². The summed E-state index contributed by atoms with van der Waals surface area (Å²) in [5, 5.41) is 5.51. The van der Waals surface area contributed by atoms with E-state index in [1.807, 2.05) is 24.3 Å². The number of furan rings is 1. The molecule has 0 radical (unpaired) electrons. The monoisotopic (exact) mass is 803 g/mol. The molecule has 4 heteroatoms. The number of para-hydroxylation sites is 2. The molecule has 0 amide bonds. The number of fused-ring (bicyclic) bond motifs is 6. The molecular formula is C59H37N3O. The standard InChI is InChI=1S/C59H37N3O/c1-4-16-38(17-5-1)43-22-14-24-45(34-43)52-37-51(40-18-6-2-7-19-40)61-59(62-52)42-32-30-39(31-33-42)44-23-15-25-46(35-44)55-56-47-26-10-12-28-50(47)60-58(41-20-8-3-9-21-41)49(56)36-54-57(55)48-27-11-13-29-53(48)63-54/h1-37H. The minimum Gasteiger partial charge on any atom is -0.456 e. The summed E-state index contributed by atoms with van der Waals surface area (Å²) < 4.78 is 6.66. The van der Waals surface area contributed by atoms with Crippen molar-refractivity contribution in [3.05, 3.63) is 224 Å². The van der Waals surface area contributed by atoms with Gasteiger partial charge in [0.1, 0.15) is 11.2 Å². The van der Waals surface area contributed by atoms with Gasteiger partial charge in [-0.15, -0.1) is 0 Å². The van der Waals surface area contributed by atoms with Gasteiger partial charge in [0, 0.05) is 54.7 Å². The first-order valence-electron chi connectivity index (χ1n) is 21.3. The molecule has 0 saturated carbocycles. The van der Waals surface area contributed by atoms with E-state index in [1.54, 1.807) is 0 Å². The van der Waals surface area contributed by atoms with E-state index in [0.29, 0.717) is 5.82 Å². The zero-order valence-corrected chi connectivity index (χ0v) is 34.1. The third-order valence-electron chi connectivity index (χ3n) is 12.1. The normalized spacial score (nSPS) is 11.5. The summed E-state index contributed by atoms with van der Waals surface area (Å²) in [5.74, 6) is 0.677. The Bertz CT molecular complexity index is 3650. The van der Waals surface area contributed by atoms with Gasteiger partial charge in [-0.25, -0.2) is 15.0 Å². The topological polar surface area (TPSA) is 51.8 Å². The Hall–Kier alpha value is -8.47. The van der Waals surface area contributed by atoms with Gasteiger partial charge in [0.15, 0.2) is 5.82 Å². The molecule has 294 valence electrons. The first-order chi connectivity index (χ1) is 31.2. The number of nitrogens with zero attached hydrogens (tertiary/aromatic N) is 3. The zero-order valence-electron chi connectivity index (χ0n) is 34.1. The van der Waals surface area contributed by atoms with Crippen LogP contribution in [0.2, 0.25) is 0 Å². The molecule has 4 nitrogen and oxygen atoms in total. The Kier molecular flexibility index (Phi) is 8.79. The largest absolute Gasteiger partial charge is 0.456 e. The molecular weight excluding hydrogens is 767 g/mol. The van der Waals surface area contributed by atoms with Crippen molar-refractivity contribution in [1.82, 2.24) is 15.0 Å². The molecule has 0 N–H and O–H groups in total. The summed E-state index contributed by atoms with van der Waals surface area (Å²) in [4.78, 5) is 15.6. The Balaban J connectivity index is 1.00. The van der Waals surface area contributed by atoms with E-state index < -0.39 is 0 Å². The fraction of sp³-hybridized carbons (Fsp3) is 0. The SMILES string of the molecule is c1ccc(-c2cccc(-c3cc(-c4ccccc4)nc(-c4ccc(-c5cccc(-c6c7c(cc8c(-c9ccccc9)nc9ccccc9c68)oc6ccccc67)c5)cc4)n3)c2)cc1. The second-order valence-electron chi connectivity index (χ2n) is 15.9. The van der Waals surface area contributed by atoms with Crippen molar-refractivity contribution in [3.8, 4) is 78.5 Å². The van der Waals surface area contributed by atoms with Crippen LogP contribution < -0.4 is 0 Å². The van der Waals surface area contributed by atoms with Crippen LogP contribution in [0.3, 0.4) is 0 Å². The van der Waals surface area contributed by atoms with Gasteiger partial charge in [0.05, 0.1) is 22.6 Å². The first-order valence-corrected chi connectivity index (χ1v) is 21.3. The summed E-state index contributed by atoms with van der Waals surface area (Å²) in [6, 6.07) is 78.5. The second kappa shape index (κ2) is 15.2. The van der Waals surface area contributed by atoms with Crippen molar-refractivity contribution >= 4 is 43.6 Å². The number of benzene rings is 9. The maximum absolute atomic E-state index is 6.66. The highest BCUT2D eigenvalue weighted by Crippen LogP contribution is 2.47. The number of aromatic nitrogens is 3. The summed E-state index contributed by atoms with van der Waals surface area (Å²) in [6.45, 7) is 0. The van der Waals surface area contributed by atoms with Crippen LogP contribution in [0.1, 0.15) is 0 Å². The van der Waals surface area contributed by atoms with Crippen molar-refractivity contribution < 1.29 is 4.42 Å². The molecule has 9 aromatic carbocycles. The first kappa shape index (κ1) is 36.4. The van der Waals surface area contributed by atoms with Crippen molar-refractivity contribution in [1.29, 1.82) is 0 Å². The highest BCUT2D eigenvalue weighted by molar-refractivity contribution is 6.27. The van der Waals surface area contributed by atoms with Crippen LogP contribution in [0.5, 0.6) is 0 Å². The molecule has 0 spiro atoms. The average molecular weight is 804 g/mol. The maximum atomic E-state index is 6.66. The number of hydrogen-bond acceptors (Lipinski definition) is 4. The van der Waals surface area contributed by atoms with E-state index in [-0.39, 0.29) is 0 Å². The molecule has 0 atom stereocenters. The van der Waals surface area contributed by atoms with E-state index in [4.69, 9.17) is 19.4 Å². The molecule has 12 aromatic rings. The van der Waals surface area contributed by atoms with Crippen LogP contribution in [-0.2, 0) is 0 Å². The van der Waals surface area contributed by atoms with Crippen molar-refractivity contribution in [2.75, 3.05) is 0 Å². The molecule has 0 bridgehead atoms. The summed E-state index contributed by atoms with van der Waals surface area (Å²) in [5.41, 5.74) is 16.2. The molecule has 0 fully saturated rings. The smallest absolute Gasteiger partial charge is 0.160 e. The summed E-state index contributed by atoms with van der Waals surface area (Å²) >= 11 is 0. The van der Waals surface area contributed by atoms with Gasteiger partial charge in [-0.05, 0) is 64.2 Å². The lowest BCUT2D eigenvalue weighted by Gasteiger charge is -2.16. The molecule has 0 saturated heterocycles. The van der Waals surface area contributed by atoms with Crippen LogP contribution in [0, 0.1) is 0 Å². The van der Waals surface area contributed by atoms with Crippen LogP contribution in [-0.4, -0.2) is 15.0 Å². The molecule has 0 unspecified atom stereocenters. The van der Waals surface area contributed by atoms with Crippen LogP contribution >= 0.6 is 0 Å². The molecule has 0 aliphatic rings. The van der Waals surface area contributed by atoms with E-state index in [0.717, 1.165) is 111 Å². The maximum Gasteiger partial charge on any atom is 0.160 e.